The Balaban J connectivity index is 2.58. The lowest BCUT2D eigenvalue weighted by atomic mass is 10.2. The van der Waals surface area contributed by atoms with Crippen LogP contribution in [-0.2, 0) is 14.8 Å². The molecular formula is C15H13NO7S. The summed E-state index contributed by atoms with van der Waals surface area (Å²) in [4.78, 5) is 21.7. The van der Waals surface area contributed by atoms with Crippen molar-refractivity contribution in [3.63, 3.8) is 0 Å². The van der Waals surface area contributed by atoms with Gasteiger partial charge in [0, 0.05) is 0 Å². The number of carbonyl (C=O) groups is 2. The van der Waals surface area contributed by atoms with Crippen LogP contribution >= 0.6 is 0 Å². The molecule has 0 aliphatic carbocycles. The Hall–Kier alpha value is -3.07. The zero-order valence-corrected chi connectivity index (χ0v) is 13.0. The molecule has 0 amide bonds. The average molecular weight is 351 g/mol. The molecule has 2 aromatic rings. The monoisotopic (exact) mass is 351 g/mol. The average Bonchev–Trinajstić information content (AvgIpc) is 2.53. The van der Waals surface area contributed by atoms with Gasteiger partial charge in [-0.25, -0.2) is 13.2 Å². The van der Waals surface area contributed by atoms with E-state index in [9.17, 15) is 23.1 Å². The predicted molar refractivity (Wildman–Crippen MR) is 83.7 cm³/mol. The number of sulfonamides is 1. The maximum Gasteiger partial charge on any atom is 0.339 e. The molecule has 0 spiro atoms. The smallest absolute Gasteiger partial charge is 0.339 e. The van der Waals surface area contributed by atoms with Crippen LogP contribution in [0.2, 0.25) is 0 Å². The summed E-state index contributed by atoms with van der Waals surface area (Å²) in [5.41, 5.74) is -0.482. The van der Waals surface area contributed by atoms with Crippen molar-refractivity contribution < 1.29 is 33.3 Å². The summed E-state index contributed by atoms with van der Waals surface area (Å²) >= 11 is 0. The molecule has 3 N–H and O–H groups in total. The van der Waals surface area contributed by atoms with Crippen LogP contribution in [0.5, 0.6) is 5.75 Å². The van der Waals surface area contributed by atoms with E-state index in [4.69, 9.17) is 10.2 Å². The quantitative estimate of drug-likeness (QED) is 0.716. The zero-order chi connectivity index (χ0) is 17.9. The number of hydrogen-bond acceptors (Lipinski definition) is 5. The largest absolute Gasteiger partial charge is 0.507 e. The van der Waals surface area contributed by atoms with E-state index in [-0.39, 0.29) is 5.69 Å². The van der Waals surface area contributed by atoms with Gasteiger partial charge in [-0.15, -0.1) is 0 Å². The maximum absolute atomic E-state index is 12.7. The van der Waals surface area contributed by atoms with Crippen molar-refractivity contribution >= 4 is 27.6 Å². The van der Waals surface area contributed by atoms with Gasteiger partial charge in [-0.2, -0.15) is 0 Å². The van der Waals surface area contributed by atoms with Crippen LogP contribution in [0.1, 0.15) is 10.4 Å². The molecule has 2 aromatic carbocycles. The van der Waals surface area contributed by atoms with E-state index >= 15 is 0 Å². The van der Waals surface area contributed by atoms with Crippen molar-refractivity contribution in [2.24, 2.45) is 0 Å². The van der Waals surface area contributed by atoms with Gasteiger partial charge in [0.15, 0.2) is 0 Å². The van der Waals surface area contributed by atoms with Crippen LogP contribution < -0.4 is 4.31 Å². The second-order valence-corrected chi connectivity index (χ2v) is 6.59. The van der Waals surface area contributed by atoms with Gasteiger partial charge in [-0.1, -0.05) is 18.2 Å². The Morgan fingerprint density at radius 2 is 1.62 bits per heavy atom. The molecule has 0 unspecified atom stereocenters. The van der Waals surface area contributed by atoms with Crippen LogP contribution in [-0.4, -0.2) is 42.2 Å². The molecule has 0 fully saturated rings. The third kappa shape index (κ3) is 3.46. The van der Waals surface area contributed by atoms with Gasteiger partial charge in [0.2, 0.25) is 0 Å². The van der Waals surface area contributed by atoms with Crippen molar-refractivity contribution in [1.29, 1.82) is 0 Å². The van der Waals surface area contributed by atoms with E-state index in [0.29, 0.717) is 4.31 Å². The number of phenols is 1. The lowest BCUT2D eigenvalue weighted by Gasteiger charge is -2.22. The summed E-state index contributed by atoms with van der Waals surface area (Å²) in [6.45, 7) is -0.838. The predicted octanol–water partition coefficient (Wildman–Crippen LogP) is 1.37. The molecule has 0 aliphatic heterocycles. The molecule has 0 radical (unpaired) electrons. The minimum absolute atomic E-state index is 0.116. The second kappa shape index (κ2) is 6.59. The summed E-state index contributed by atoms with van der Waals surface area (Å²) in [5, 5.41) is 27.5. The number of rotatable bonds is 6. The topological polar surface area (TPSA) is 132 Å². The number of hydrogen-bond donors (Lipinski definition) is 3. The fraction of sp³-hybridized carbons (Fsp3) is 0.0667. The molecule has 2 rings (SSSR count). The molecule has 0 heterocycles. The van der Waals surface area contributed by atoms with Crippen LogP contribution in [0.25, 0.3) is 0 Å². The standard InChI is InChI=1S/C15H13NO7S/c17-13-7-6-11(8-12(13)15(20)21)24(22,23)16(9-14(18)19)10-4-2-1-3-5-10/h1-8,17H,9H2,(H,18,19)(H,20,21). The Morgan fingerprint density at radius 3 is 2.17 bits per heavy atom. The Bertz CT molecular complexity index is 878. The molecule has 0 saturated heterocycles. The van der Waals surface area contributed by atoms with Gasteiger partial charge < -0.3 is 15.3 Å². The minimum Gasteiger partial charge on any atom is -0.507 e. The van der Waals surface area contributed by atoms with Crippen LogP contribution in [0.15, 0.2) is 53.4 Å². The van der Waals surface area contributed by atoms with Gasteiger partial charge in [-0.3, -0.25) is 9.10 Å². The summed E-state index contributed by atoms with van der Waals surface area (Å²) in [7, 11) is -4.34. The molecule has 9 heteroatoms. The zero-order valence-electron chi connectivity index (χ0n) is 12.2. The van der Waals surface area contributed by atoms with Gasteiger partial charge in [0.05, 0.1) is 10.6 Å². The van der Waals surface area contributed by atoms with Gasteiger partial charge in [0.25, 0.3) is 10.0 Å². The van der Waals surface area contributed by atoms with E-state index in [0.717, 1.165) is 18.2 Å². The highest BCUT2D eigenvalue weighted by molar-refractivity contribution is 7.92. The Kier molecular flexibility index (Phi) is 4.74. The highest BCUT2D eigenvalue weighted by Gasteiger charge is 2.28. The highest BCUT2D eigenvalue weighted by Crippen LogP contribution is 2.27. The molecule has 8 nitrogen and oxygen atoms in total. The van der Waals surface area contributed by atoms with Crippen molar-refractivity contribution in [1.82, 2.24) is 0 Å². The van der Waals surface area contributed by atoms with Gasteiger partial charge >= 0.3 is 11.9 Å². The summed E-state index contributed by atoms with van der Waals surface area (Å²) in [6.07, 6.45) is 0. The number of nitrogens with zero attached hydrogens (tertiary/aromatic N) is 1. The number of benzene rings is 2. The number of carboxylic acid groups (broad SMARTS) is 2. The Morgan fingerprint density at radius 1 is 1.00 bits per heavy atom. The number of aromatic hydroxyl groups is 1. The van der Waals surface area contributed by atoms with Crippen LogP contribution in [0.3, 0.4) is 0 Å². The fourth-order valence-electron chi connectivity index (χ4n) is 2.01. The normalized spacial score (nSPS) is 11.0. The lowest BCUT2D eigenvalue weighted by molar-refractivity contribution is -0.135. The lowest BCUT2D eigenvalue weighted by Crippen LogP contribution is -2.35. The Labute approximate surface area is 137 Å². The first kappa shape index (κ1) is 17.3. The minimum atomic E-state index is -4.34. The first-order valence-electron chi connectivity index (χ1n) is 6.59. The van der Waals surface area contributed by atoms with E-state index in [2.05, 4.69) is 0 Å². The van der Waals surface area contributed by atoms with Crippen LogP contribution in [0.4, 0.5) is 5.69 Å². The SMILES string of the molecule is O=C(O)CN(c1ccccc1)S(=O)(=O)c1ccc(O)c(C(=O)O)c1. The van der Waals surface area contributed by atoms with Crippen molar-refractivity contribution in [3.05, 3.63) is 54.1 Å². The van der Waals surface area contributed by atoms with E-state index in [1.807, 2.05) is 0 Å². The molecule has 0 aliphatic rings. The molecule has 126 valence electrons. The van der Waals surface area contributed by atoms with E-state index in [1.165, 1.54) is 12.1 Å². The summed E-state index contributed by atoms with van der Waals surface area (Å²) in [6, 6.07) is 10.3. The number of carboxylic acids is 2. The number of anilines is 1. The first-order chi connectivity index (χ1) is 11.2. The van der Waals surface area contributed by atoms with E-state index in [1.54, 1.807) is 18.2 Å². The fourth-order valence-corrected chi connectivity index (χ4v) is 3.45. The van der Waals surface area contributed by atoms with Crippen molar-refractivity contribution in [2.75, 3.05) is 10.8 Å². The first-order valence-corrected chi connectivity index (χ1v) is 8.03. The summed E-state index contributed by atoms with van der Waals surface area (Å²) < 4.78 is 26.1. The molecule has 0 aromatic heterocycles. The third-order valence-corrected chi connectivity index (χ3v) is 4.88. The summed E-state index contributed by atoms with van der Waals surface area (Å²) in [5.74, 6) is -3.47. The number of para-hydroxylation sites is 1. The van der Waals surface area contributed by atoms with Crippen molar-refractivity contribution in [3.8, 4) is 5.75 Å². The van der Waals surface area contributed by atoms with Crippen LogP contribution in [0, 0.1) is 0 Å². The molecular weight excluding hydrogens is 338 g/mol. The second-order valence-electron chi connectivity index (χ2n) is 4.73. The molecule has 0 bridgehead atoms. The maximum atomic E-state index is 12.7. The number of aliphatic carboxylic acids is 1. The third-order valence-electron chi connectivity index (χ3n) is 3.11. The molecule has 24 heavy (non-hydrogen) atoms. The van der Waals surface area contributed by atoms with Gasteiger partial charge in [0.1, 0.15) is 17.9 Å². The van der Waals surface area contributed by atoms with Crippen molar-refractivity contribution in [2.45, 2.75) is 4.90 Å². The van der Waals surface area contributed by atoms with E-state index < -0.39 is 44.7 Å². The van der Waals surface area contributed by atoms with Gasteiger partial charge in [-0.05, 0) is 30.3 Å². The highest BCUT2D eigenvalue weighted by atomic mass is 32.2. The molecule has 0 saturated carbocycles. The number of aromatic carboxylic acids is 1. The molecule has 0 atom stereocenters.